The number of rotatable bonds is 7. The first-order valence-electron chi connectivity index (χ1n) is 6.26. The number of primary amides is 1. The van der Waals surface area contributed by atoms with Crippen molar-refractivity contribution < 1.29 is 24.2 Å². The van der Waals surface area contributed by atoms with Gasteiger partial charge in [-0.15, -0.1) is 0 Å². The summed E-state index contributed by atoms with van der Waals surface area (Å²) in [5.41, 5.74) is 2.76. The number of aldehydes is 1. The number of hydrogen-bond acceptors (Lipinski definition) is 5. The van der Waals surface area contributed by atoms with Gasteiger partial charge in [-0.2, -0.15) is 0 Å². The molecule has 8 nitrogen and oxygen atoms in total. The minimum absolute atomic E-state index is 0.145. The number of carbonyl (C=O) groups excluding carboxylic acids is 3. The summed E-state index contributed by atoms with van der Waals surface area (Å²) in [7, 11) is 0. The van der Waals surface area contributed by atoms with Crippen molar-refractivity contribution in [2.45, 2.75) is 44.8 Å². The molecule has 0 aromatic heterocycles. The van der Waals surface area contributed by atoms with Crippen LogP contribution in [0.5, 0.6) is 0 Å². The lowest BCUT2D eigenvalue weighted by Crippen LogP contribution is -2.54. The van der Waals surface area contributed by atoms with E-state index in [1.165, 1.54) is 0 Å². The molecule has 0 saturated heterocycles. The van der Waals surface area contributed by atoms with Crippen molar-refractivity contribution in [3.63, 3.8) is 0 Å². The third kappa shape index (κ3) is 7.57. The summed E-state index contributed by atoms with van der Waals surface area (Å²) in [5, 5.41) is 14.0. The second-order valence-electron chi connectivity index (χ2n) is 5.45. The topological polar surface area (TPSA) is 131 Å². The quantitative estimate of drug-likeness (QED) is 0.383. The average molecular weight is 289 g/mol. The molecule has 0 heterocycles. The second kappa shape index (κ2) is 7.68. The van der Waals surface area contributed by atoms with E-state index in [0.29, 0.717) is 12.7 Å². The molecule has 0 rings (SSSR count). The highest BCUT2D eigenvalue weighted by Gasteiger charge is 2.32. The van der Waals surface area contributed by atoms with Crippen LogP contribution in [0.15, 0.2) is 0 Å². The van der Waals surface area contributed by atoms with E-state index in [2.05, 4.69) is 10.6 Å². The van der Waals surface area contributed by atoms with Crippen molar-refractivity contribution in [3.05, 3.63) is 0 Å². The van der Waals surface area contributed by atoms with Gasteiger partial charge in [0.2, 0.25) is 0 Å². The number of alkyl carbamates (subject to hydrolysis) is 1. The fourth-order valence-electron chi connectivity index (χ4n) is 1.43. The Morgan fingerprint density at radius 1 is 1.35 bits per heavy atom. The maximum atomic E-state index is 11.6. The van der Waals surface area contributed by atoms with Gasteiger partial charge in [0, 0.05) is 6.54 Å². The molecule has 0 radical (unpaired) electrons. The number of urea groups is 1. The molecule has 0 unspecified atom stereocenters. The highest BCUT2D eigenvalue weighted by atomic mass is 16.6. The number of nitrogens with one attached hydrogen (secondary N) is 2. The number of ether oxygens (including phenoxy) is 1. The lowest BCUT2D eigenvalue weighted by molar-refractivity contribution is -0.115. The predicted molar refractivity (Wildman–Crippen MR) is 72.1 cm³/mol. The molecule has 0 aliphatic rings. The second-order valence-corrected chi connectivity index (χ2v) is 5.45. The summed E-state index contributed by atoms with van der Waals surface area (Å²) < 4.78 is 5.03. The molecule has 0 aromatic rings. The van der Waals surface area contributed by atoms with Gasteiger partial charge in [0.25, 0.3) is 0 Å². The van der Waals surface area contributed by atoms with Gasteiger partial charge in [-0.1, -0.05) is 0 Å². The minimum atomic E-state index is -1.43. The van der Waals surface area contributed by atoms with Crippen molar-refractivity contribution in [2.24, 2.45) is 5.73 Å². The number of aliphatic hydroxyl groups excluding tert-OH is 1. The van der Waals surface area contributed by atoms with Crippen LogP contribution in [0.3, 0.4) is 0 Å². The van der Waals surface area contributed by atoms with Crippen molar-refractivity contribution in [2.75, 3.05) is 13.2 Å². The van der Waals surface area contributed by atoms with E-state index >= 15 is 0 Å². The molecule has 0 aromatic carbocycles. The molecule has 0 aliphatic heterocycles. The van der Waals surface area contributed by atoms with E-state index in [1.54, 1.807) is 20.8 Å². The fourth-order valence-corrected chi connectivity index (χ4v) is 1.43. The zero-order chi connectivity index (χ0) is 15.8. The maximum Gasteiger partial charge on any atom is 0.408 e. The molecule has 0 aliphatic carbocycles. The van der Waals surface area contributed by atoms with Crippen LogP contribution in [-0.2, 0) is 9.53 Å². The van der Waals surface area contributed by atoms with Crippen molar-refractivity contribution in [1.29, 1.82) is 0 Å². The van der Waals surface area contributed by atoms with Crippen LogP contribution < -0.4 is 16.4 Å². The van der Waals surface area contributed by atoms with Gasteiger partial charge < -0.3 is 31.0 Å². The lowest BCUT2D eigenvalue weighted by Gasteiger charge is -2.29. The van der Waals surface area contributed by atoms with Gasteiger partial charge in [-0.05, 0) is 33.6 Å². The Labute approximate surface area is 118 Å². The fraction of sp³-hybridized carbons (Fsp3) is 0.750. The Kier molecular flexibility index (Phi) is 6.98. The van der Waals surface area contributed by atoms with Crippen LogP contribution in [-0.4, -0.2) is 47.8 Å². The highest BCUT2D eigenvalue weighted by molar-refractivity contribution is 5.76. The van der Waals surface area contributed by atoms with Gasteiger partial charge in [0.05, 0.1) is 6.61 Å². The summed E-state index contributed by atoms with van der Waals surface area (Å²) in [6.07, 6.45) is 0.174. The number of carbonyl (C=O) groups is 3. The van der Waals surface area contributed by atoms with E-state index in [-0.39, 0.29) is 13.0 Å². The highest BCUT2D eigenvalue weighted by Crippen LogP contribution is 2.12. The molecule has 0 fully saturated rings. The maximum absolute atomic E-state index is 11.6. The summed E-state index contributed by atoms with van der Waals surface area (Å²) in [4.78, 5) is 33.3. The molecule has 116 valence electrons. The molecular weight excluding hydrogens is 266 g/mol. The van der Waals surface area contributed by atoms with Crippen LogP contribution in [0, 0.1) is 0 Å². The summed E-state index contributed by atoms with van der Waals surface area (Å²) in [6, 6.07) is -0.675. The van der Waals surface area contributed by atoms with E-state index in [4.69, 9.17) is 10.5 Å². The number of hydrogen-bond donors (Lipinski definition) is 4. The Bertz CT molecular complexity index is 353. The molecule has 0 saturated carbocycles. The minimum Gasteiger partial charge on any atom is -0.444 e. The van der Waals surface area contributed by atoms with Crippen molar-refractivity contribution in [1.82, 2.24) is 10.6 Å². The van der Waals surface area contributed by atoms with Gasteiger partial charge in [0.1, 0.15) is 17.4 Å². The summed E-state index contributed by atoms with van der Waals surface area (Å²) >= 11 is 0. The number of amides is 3. The first kappa shape index (κ1) is 18.2. The SMILES string of the molecule is CC(C)(C)OC(=O)N[C@@](C=O)(CO)CCCNC(N)=O. The van der Waals surface area contributed by atoms with Gasteiger partial charge in [-0.25, -0.2) is 9.59 Å². The van der Waals surface area contributed by atoms with Crippen LogP contribution in [0.25, 0.3) is 0 Å². The van der Waals surface area contributed by atoms with Crippen LogP contribution in [0.1, 0.15) is 33.6 Å². The Morgan fingerprint density at radius 3 is 2.35 bits per heavy atom. The average Bonchev–Trinajstić information content (AvgIpc) is 2.30. The van der Waals surface area contributed by atoms with Gasteiger partial charge in [0.15, 0.2) is 0 Å². The number of aliphatic hydroxyl groups is 1. The molecule has 0 spiro atoms. The van der Waals surface area contributed by atoms with Crippen molar-refractivity contribution in [3.8, 4) is 0 Å². The molecule has 8 heteroatoms. The third-order valence-corrected chi connectivity index (χ3v) is 2.36. The first-order valence-corrected chi connectivity index (χ1v) is 6.26. The summed E-state index contributed by atoms with van der Waals surface area (Å²) in [6.45, 7) is 4.73. The normalized spacial score (nSPS) is 14.0. The molecule has 0 bridgehead atoms. The predicted octanol–water partition coefficient (Wildman–Crippen LogP) is -0.110. The smallest absolute Gasteiger partial charge is 0.408 e. The molecule has 20 heavy (non-hydrogen) atoms. The zero-order valence-electron chi connectivity index (χ0n) is 12.1. The first-order chi connectivity index (χ1) is 9.14. The lowest BCUT2D eigenvalue weighted by atomic mass is 9.96. The van der Waals surface area contributed by atoms with Crippen LogP contribution >= 0.6 is 0 Å². The Balaban J connectivity index is 4.48. The molecular formula is C12H23N3O5. The zero-order valence-corrected chi connectivity index (χ0v) is 12.1. The largest absolute Gasteiger partial charge is 0.444 e. The van der Waals surface area contributed by atoms with E-state index in [0.717, 1.165) is 0 Å². The standard InChI is InChI=1S/C12H23N3O5/c1-11(2,3)20-10(19)15-12(7-16,8-17)5-4-6-14-9(13)18/h7,17H,4-6,8H2,1-3H3,(H,15,19)(H3,13,14,18)/t12-/m0/s1. The van der Waals surface area contributed by atoms with Gasteiger partial charge in [-0.3, -0.25) is 0 Å². The van der Waals surface area contributed by atoms with E-state index < -0.39 is 29.9 Å². The summed E-state index contributed by atoms with van der Waals surface area (Å²) in [5.74, 6) is 0. The Hall–Kier alpha value is -1.83. The van der Waals surface area contributed by atoms with E-state index in [9.17, 15) is 19.5 Å². The van der Waals surface area contributed by atoms with Crippen molar-refractivity contribution >= 4 is 18.4 Å². The molecule has 5 N–H and O–H groups in total. The van der Waals surface area contributed by atoms with Crippen LogP contribution in [0.2, 0.25) is 0 Å². The molecule has 3 amide bonds. The number of nitrogens with two attached hydrogens (primary N) is 1. The molecule has 1 atom stereocenters. The van der Waals surface area contributed by atoms with Crippen LogP contribution in [0.4, 0.5) is 9.59 Å². The third-order valence-electron chi connectivity index (χ3n) is 2.36. The Morgan fingerprint density at radius 2 is 1.95 bits per heavy atom. The monoisotopic (exact) mass is 289 g/mol. The van der Waals surface area contributed by atoms with E-state index in [1.807, 2.05) is 0 Å². The van der Waals surface area contributed by atoms with Gasteiger partial charge >= 0.3 is 12.1 Å².